The van der Waals surface area contributed by atoms with E-state index in [-0.39, 0.29) is 17.0 Å². The number of carbonyl (C=O) groups excluding carboxylic acids is 1. The second-order valence-electron chi connectivity index (χ2n) is 5.79. The predicted molar refractivity (Wildman–Crippen MR) is 101 cm³/mol. The van der Waals surface area contributed by atoms with Crippen molar-refractivity contribution in [3.8, 4) is 0 Å². The van der Waals surface area contributed by atoms with Gasteiger partial charge in [-0.05, 0) is 42.8 Å². The van der Waals surface area contributed by atoms with Gasteiger partial charge < -0.3 is 10.6 Å². The highest BCUT2D eigenvalue weighted by Crippen LogP contribution is 2.22. The van der Waals surface area contributed by atoms with Crippen molar-refractivity contribution in [1.29, 1.82) is 0 Å². The van der Waals surface area contributed by atoms with Crippen molar-refractivity contribution in [2.75, 3.05) is 5.32 Å². The Labute approximate surface area is 156 Å². The van der Waals surface area contributed by atoms with Crippen LogP contribution in [0, 0.1) is 5.82 Å². The van der Waals surface area contributed by atoms with Crippen LogP contribution in [-0.2, 0) is 0 Å². The first-order valence-electron chi connectivity index (χ1n) is 8.07. The second-order valence-corrected chi connectivity index (χ2v) is 6.20. The van der Waals surface area contributed by atoms with Crippen LogP contribution in [0.25, 0.3) is 0 Å². The summed E-state index contributed by atoms with van der Waals surface area (Å²) in [5.41, 5.74) is 2.09. The van der Waals surface area contributed by atoms with Gasteiger partial charge in [-0.2, -0.15) is 0 Å². The fourth-order valence-corrected chi connectivity index (χ4v) is 2.61. The molecule has 2 N–H and O–H groups in total. The summed E-state index contributed by atoms with van der Waals surface area (Å²) in [6.07, 6.45) is 1.49. The molecule has 2 aromatic carbocycles. The van der Waals surface area contributed by atoms with Crippen LogP contribution in [0.3, 0.4) is 0 Å². The molecular weight excluding hydrogens is 353 g/mol. The zero-order valence-electron chi connectivity index (χ0n) is 14.0. The molecule has 0 aliphatic carbocycles. The van der Waals surface area contributed by atoms with E-state index in [4.69, 9.17) is 11.6 Å². The lowest BCUT2D eigenvalue weighted by molar-refractivity contribution is 0.0939. The summed E-state index contributed by atoms with van der Waals surface area (Å²) in [5.74, 6) is -0.157. The summed E-state index contributed by atoms with van der Waals surface area (Å²) in [6.45, 7) is 1.93. The van der Waals surface area contributed by atoms with Crippen LogP contribution in [0.1, 0.15) is 28.9 Å². The standard InChI is InChI=1S/C20H17ClFN3O/c1-13(14-5-3-2-4-6-14)24-20(26)15-7-10-19(23-12-15)25-16-8-9-18(22)17(21)11-16/h2-13H,1H3,(H,23,25)(H,24,26). The monoisotopic (exact) mass is 369 g/mol. The predicted octanol–water partition coefficient (Wildman–Crippen LogP) is 5.11. The number of anilines is 2. The van der Waals surface area contributed by atoms with Gasteiger partial charge in [-0.15, -0.1) is 0 Å². The Morgan fingerprint density at radius 1 is 1.12 bits per heavy atom. The quantitative estimate of drug-likeness (QED) is 0.657. The second kappa shape index (κ2) is 7.97. The van der Waals surface area contributed by atoms with Crippen LogP contribution in [-0.4, -0.2) is 10.9 Å². The van der Waals surface area contributed by atoms with Crippen molar-refractivity contribution in [3.05, 3.63) is 88.8 Å². The minimum absolute atomic E-state index is 0.0286. The third kappa shape index (κ3) is 4.37. The maximum absolute atomic E-state index is 13.2. The molecule has 3 aromatic rings. The van der Waals surface area contributed by atoms with E-state index in [1.807, 2.05) is 37.3 Å². The molecule has 4 nitrogen and oxygen atoms in total. The minimum Gasteiger partial charge on any atom is -0.345 e. The summed E-state index contributed by atoms with van der Waals surface area (Å²) in [6, 6.07) is 17.3. The molecule has 0 fully saturated rings. The first-order valence-corrected chi connectivity index (χ1v) is 8.44. The van der Waals surface area contributed by atoms with E-state index >= 15 is 0 Å². The topological polar surface area (TPSA) is 54.0 Å². The molecule has 132 valence electrons. The molecule has 1 heterocycles. The maximum Gasteiger partial charge on any atom is 0.253 e. The first-order chi connectivity index (χ1) is 12.5. The van der Waals surface area contributed by atoms with Gasteiger partial charge in [0.2, 0.25) is 0 Å². The van der Waals surface area contributed by atoms with Gasteiger partial charge in [0, 0.05) is 11.9 Å². The fraction of sp³-hybridized carbons (Fsp3) is 0.100. The van der Waals surface area contributed by atoms with E-state index in [1.54, 1.807) is 18.2 Å². The molecule has 6 heteroatoms. The van der Waals surface area contributed by atoms with Crippen LogP contribution < -0.4 is 10.6 Å². The summed E-state index contributed by atoms with van der Waals surface area (Å²) < 4.78 is 13.2. The number of nitrogens with one attached hydrogen (secondary N) is 2. The zero-order chi connectivity index (χ0) is 18.5. The minimum atomic E-state index is -0.482. The molecule has 1 unspecified atom stereocenters. The molecular formula is C20H17ClFN3O. The molecule has 1 amide bonds. The molecule has 0 saturated carbocycles. The molecule has 3 rings (SSSR count). The van der Waals surface area contributed by atoms with Gasteiger partial charge in [0.1, 0.15) is 11.6 Å². The number of nitrogens with zero attached hydrogens (tertiary/aromatic N) is 1. The van der Waals surface area contributed by atoms with Crippen molar-refractivity contribution in [2.45, 2.75) is 13.0 Å². The lowest BCUT2D eigenvalue weighted by Gasteiger charge is -2.14. The highest BCUT2D eigenvalue weighted by atomic mass is 35.5. The third-order valence-corrected chi connectivity index (χ3v) is 4.15. The third-order valence-electron chi connectivity index (χ3n) is 3.86. The maximum atomic E-state index is 13.2. The van der Waals surface area contributed by atoms with Crippen molar-refractivity contribution in [2.24, 2.45) is 0 Å². The van der Waals surface area contributed by atoms with Crippen molar-refractivity contribution in [1.82, 2.24) is 10.3 Å². The Morgan fingerprint density at radius 3 is 2.54 bits per heavy atom. The summed E-state index contributed by atoms with van der Waals surface area (Å²) in [7, 11) is 0. The van der Waals surface area contributed by atoms with Gasteiger partial charge in [0.05, 0.1) is 16.6 Å². The van der Waals surface area contributed by atoms with Crippen LogP contribution in [0.4, 0.5) is 15.9 Å². The Morgan fingerprint density at radius 2 is 1.88 bits per heavy atom. The molecule has 0 saturated heterocycles. The summed E-state index contributed by atoms with van der Waals surface area (Å²) in [5, 5.41) is 5.98. The lowest BCUT2D eigenvalue weighted by atomic mass is 10.1. The number of halogens is 2. The van der Waals surface area contributed by atoms with Crippen molar-refractivity contribution in [3.63, 3.8) is 0 Å². The summed E-state index contributed by atoms with van der Waals surface area (Å²) in [4.78, 5) is 16.6. The van der Waals surface area contributed by atoms with Crippen molar-refractivity contribution < 1.29 is 9.18 Å². The normalized spacial score (nSPS) is 11.7. The number of amides is 1. The van der Waals surface area contributed by atoms with E-state index in [0.29, 0.717) is 17.1 Å². The molecule has 0 aliphatic rings. The molecule has 1 atom stereocenters. The molecule has 0 aliphatic heterocycles. The smallest absolute Gasteiger partial charge is 0.253 e. The highest BCUT2D eigenvalue weighted by Gasteiger charge is 2.11. The number of benzene rings is 2. The molecule has 26 heavy (non-hydrogen) atoms. The first kappa shape index (κ1) is 17.9. The van der Waals surface area contributed by atoms with E-state index in [1.165, 1.54) is 18.3 Å². The number of hydrogen-bond acceptors (Lipinski definition) is 3. The average Bonchev–Trinajstić information content (AvgIpc) is 2.66. The average molecular weight is 370 g/mol. The Hall–Kier alpha value is -2.92. The SMILES string of the molecule is CC(NC(=O)c1ccc(Nc2ccc(F)c(Cl)c2)nc1)c1ccccc1. The molecule has 0 radical (unpaired) electrons. The van der Waals surface area contributed by atoms with Gasteiger partial charge >= 0.3 is 0 Å². The van der Waals surface area contributed by atoms with Gasteiger partial charge in [0.15, 0.2) is 0 Å². The van der Waals surface area contributed by atoms with Crippen LogP contribution in [0.2, 0.25) is 5.02 Å². The number of pyridine rings is 1. The Balaban J connectivity index is 1.65. The lowest BCUT2D eigenvalue weighted by Crippen LogP contribution is -2.26. The number of carbonyl (C=O) groups is 1. The van der Waals surface area contributed by atoms with E-state index < -0.39 is 5.82 Å². The van der Waals surface area contributed by atoms with Crippen LogP contribution >= 0.6 is 11.6 Å². The van der Waals surface area contributed by atoms with Crippen LogP contribution in [0.15, 0.2) is 66.9 Å². The van der Waals surface area contributed by atoms with Gasteiger partial charge in [0.25, 0.3) is 5.91 Å². The van der Waals surface area contributed by atoms with E-state index in [0.717, 1.165) is 5.56 Å². The zero-order valence-corrected chi connectivity index (χ0v) is 14.8. The molecule has 0 bridgehead atoms. The largest absolute Gasteiger partial charge is 0.345 e. The van der Waals surface area contributed by atoms with E-state index in [9.17, 15) is 9.18 Å². The highest BCUT2D eigenvalue weighted by molar-refractivity contribution is 6.31. The molecule has 0 spiro atoms. The number of hydrogen-bond donors (Lipinski definition) is 2. The molecule has 1 aromatic heterocycles. The van der Waals surface area contributed by atoms with Gasteiger partial charge in [-0.1, -0.05) is 41.9 Å². The fourth-order valence-electron chi connectivity index (χ4n) is 2.43. The van der Waals surface area contributed by atoms with Gasteiger partial charge in [-0.3, -0.25) is 4.79 Å². The van der Waals surface area contributed by atoms with Crippen molar-refractivity contribution >= 4 is 29.0 Å². The van der Waals surface area contributed by atoms with Crippen LogP contribution in [0.5, 0.6) is 0 Å². The number of aromatic nitrogens is 1. The number of rotatable bonds is 5. The Kier molecular flexibility index (Phi) is 5.49. The summed E-state index contributed by atoms with van der Waals surface area (Å²) >= 11 is 5.76. The van der Waals surface area contributed by atoms with Gasteiger partial charge in [-0.25, -0.2) is 9.37 Å². The Bertz CT molecular complexity index is 901. The van der Waals surface area contributed by atoms with E-state index in [2.05, 4.69) is 15.6 Å².